The van der Waals surface area contributed by atoms with Gasteiger partial charge in [-0.25, -0.2) is 0 Å². The highest BCUT2D eigenvalue weighted by molar-refractivity contribution is 5.96. The number of para-hydroxylation sites is 1. The van der Waals surface area contributed by atoms with E-state index in [0.717, 1.165) is 18.7 Å². The Kier molecular flexibility index (Phi) is 3.56. The van der Waals surface area contributed by atoms with Crippen LogP contribution in [0.1, 0.15) is 57.9 Å². The van der Waals surface area contributed by atoms with Gasteiger partial charge in [-0.2, -0.15) is 0 Å². The van der Waals surface area contributed by atoms with Gasteiger partial charge in [0, 0.05) is 29.6 Å². The van der Waals surface area contributed by atoms with E-state index in [0.29, 0.717) is 6.42 Å². The Bertz CT molecular complexity index is 538. The van der Waals surface area contributed by atoms with E-state index >= 15 is 0 Å². The number of rotatable bonds is 3. The Labute approximate surface area is 127 Å². The van der Waals surface area contributed by atoms with Gasteiger partial charge in [-0.15, -0.1) is 0 Å². The van der Waals surface area contributed by atoms with Gasteiger partial charge < -0.3 is 10.6 Å². The first-order valence-electron chi connectivity index (χ1n) is 8.10. The van der Waals surface area contributed by atoms with Crippen molar-refractivity contribution in [2.24, 2.45) is 5.73 Å². The van der Waals surface area contributed by atoms with Crippen LogP contribution in [0.4, 0.5) is 5.69 Å². The van der Waals surface area contributed by atoms with Crippen LogP contribution < -0.4 is 10.6 Å². The summed E-state index contributed by atoms with van der Waals surface area (Å²) in [6, 6.07) is 8.48. The maximum absolute atomic E-state index is 12.7. The van der Waals surface area contributed by atoms with E-state index in [1.54, 1.807) is 0 Å². The number of nitrogens with two attached hydrogens (primary N) is 1. The first-order chi connectivity index (χ1) is 9.91. The molecule has 0 unspecified atom stereocenters. The number of carbonyl (C=O) groups excluding carboxylic acids is 1. The molecule has 1 amide bonds. The minimum Gasteiger partial charge on any atom is -0.326 e. The van der Waals surface area contributed by atoms with Crippen molar-refractivity contribution in [3.05, 3.63) is 29.8 Å². The summed E-state index contributed by atoms with van der Waals surface area (Å²) in [4.78, 5) is 14.7. The molecule has 1 fully saturated rings. The molecule has 2 aliphatic rings. The highest BCUT2D eigenvalue weighted by Crippen LogP contribution is 2.50. The molecule has 1 saturated carbocycles. The summed E-state index contributed by atoms with van der Waals surface area (Å²) in [6.07, 6.45) is 6.27. The largest absolute Gasteiger partial charge is 0.326 e. The molecule has 2 N–H and O–H groups in total. The summed E-state index contributed by atoms with van der Waals surface area (Å²) in [5, 5.41) is 0. The van der Waals surface area contributed by atoms with Gasteiger partial charge in [-0.3, -0.25) is 4.79 Å². The number of carbonyl (C=O) groups is 1. The van der Waals surface area contributed by atoms with Crippen LogP contribution in [-0.4, -0.2) is 18.0 Å². The molecule has 0 bridgehead atoms. The maximum atomic E-state index is 12.7. The van der Waals surface area contributed by atoms with Crippen LogP contribution in [-0.2, 0) is 10.2 Å². The lowest BCUT2D eigenvalue weighted by Gasteiger charge is -2.25. The molecule has 0 aromatic heterocycles. The second-order valence-corrected chi connectivity index (χ2v) is 7.47. The average Bonchev–Trinajstić information content (AvgIpc) is 3.03. The minimum atomic E-state index is -0.278. The van der Waals surface area contributed by atoms with Crippen molar-refractivity contribution in [3.8, 4) is 0 Å². The van der Waals surface area contributed by atoms with E-state index in [2.05, 4.69) is 18.2 Å². The number of amides is 1. The molecular formula is C18H26N2O. The van der Waals surface area contributed by atoms with Crippen molar-refractivity contribution in [2.45, 2.75) is 63.3 Å². The van der Waals surface area contributed by atoms with Crippen LogP contribution in [0, 0.1) is 0 Å². The van der Waals surface area contributed by atoms with Gasteiger partial charge in [-0.05, 0) is 44.7 Å². The first-order valence-corrected chi connectivity index (χ1v) is 8.10. The SMILES string of the molecule is CC(C)(N)CCC(=O)N1CC2(CCCC2)c2ccccc21. The van der Waals surface area contributed by atoms with Crippen LogP contribution in [0.25, 0.3) is 0 Å². The Morgan fingerprint density at radius 1 is 1.29 bits per heavy atom. The van der Waals surface area contributed by atoms with E-state index in [4.69, 9.17) is 5.73 Å². The van der Waals surface area contributed by atoms with Crippen LogP contribution in [0.3, 0.4) is 0 Å². The summed E-state index contributed by atoms with van der Waals surface area (Å²) < 4.78 is 0. The number of anilines is 1. The van der Waals surface area contributed by atoms with E-state index in [-0.39, 0.29) is 16.9 Å². The Morgan fingerprint density at radius 2 is 1.95 bits per heavy atom. The molecular weight excluding hydrogens is 260 g/mol. The zero-order valence-corrected chi connectivity index (χ0v) is 13.2. The fraction of sp³-hybridized carbons (Fsp3) is 0.611. The Balaban J connectivity index is 1.83. The fourth-order valence-corrected chi connectivity index (χ4v) is 3.90. The van der Waals surface area contributed by atoms with E-state index in [9.17, 15) is 4.79 Å². The maximum Gasteiger partial charge on any atom is 0.227 e. The number of hydrogen-bond donors (Lipinski definition) is 1. The van der Waals surface area contributed by atoms with Gasteiger partial charge in [0.2, 0.25) is 5.91 Å². The molecule has 3 nitrogen and oxygen atoms in total. The average molecular weight is 286 g/mol. The molecule has 114 valence electrons. The Hall–Kier alpha value is -1.35. The number of fused-ring (bicyclic) bond motifs is 2. The topological polar surface area (TPSA) is 46.3 Å². The molecule has 1 aromatic carbocycles. The van der Waals surface area contributed by atoms with E-state index < -0.39 is 0 Å². The second kappa shape index (κ2) is 5.13. The van der Waals surface area contributed by atoms with Crippen LogP contribution >= 0.6 is 0 Å². The third kappa shape index (κ3) is 2.71. The molecule has 0 radical (unpaired) electrons. The van der Waals surface area contributed by atoms with Crippen molar-refractivity contribution < 1.29 is 4.79 Å². The number of hydrogen-bond acceptors (Lipinski definition) is 2. The summed E-state index contributed by atoms with van der Waals surface area (Å²) in [6.45, 7) is 4.84. The standard InChI is InChI=1S/C18H26N2O/c1-17(2,19)12-9-16(21)20-13-18(10-5-6-11-18)14-7-3-4-8-15(14)20/h3-4,7-8H,5-6,9-13,19H2,1-2H3. The Morgan fingerprint density at radius 3 is 2.62 bits per heavy atom. The molecule has 21 heavy (non-hydrogen) atoms. The highest BCUT2D eigenvalue weighted by Gasteiger charge is 2.45. The molecule has 0 saturated heterocycles. The van der Waals surface area contributed by atoms with E-state index in [1.165, 1.54) is 31.2 Å². The number of benzene rings is 1. The van der Waals surface area contributed by atoms with Crippen molar-refractivity contribution in [3.63, 3.8) is 0 Å². The molecule has 0 atom stereocenters. The number of nitrogens with zero attached hydrogens (tertiary/aromatic N) is 1. The summed E-state index contributed by atoms with van der Waals surface area (Å²) in [5.74, 6) is 0.227. The fourth-order valence-electron chi connectivity index (χ4n) is 3.90. The third-order valence-corrected chi connectivity index (χ3v) is 5.07. The van der Waals surface area contributed by atoms with Gasteiger partial charge in [0.1, 0.15) is 0 Å². The van der Waals surface area contributed by atoms with Gasteiger partial charge >= 0.3 is 0 Å². The summed E-state index contributed by atoms with van der Waals surface area (Å²) in [5.41, 5.74) is 8.50. The normalized spacial score (nSPS) is 20.0. The smallest absolute Gasteiger partial charge is 0.227 e. The second-order valence-electron chi connectivity index (χ2n) is 7.47. The van der Waals surface area contributed by atoms with E-state index in [1.807, 2.05) is 24.8 Å². The molecule has 1 heterocycles. The zero-order valence-electron chi connectivity index (χ0n) is 13.2. The van der Waals surface area contributed by atoms with Gasteiger partial charge in [0.15, 0.2) is 0 Å². The molecule has 3 rings (SSSR count). The predicted molar refractivity (Wildman–Crippen MR) is 86.4 cm³/mol. The van der Waals surface area contributed by atoms with Crippen LogP contribution in [0.5, 0.6) is 0 Å². The lowest BCUT2D eigenvalue weighted by atomic mass is 9.81. The monoisotopic (exact) mass is 286 g/mol. The zero-order chi connectivity index (χ0) is 15.1. The molecule has 1 aromatic rings. The van der Waals surface area contributed by atoms with Crippen molar-refractivity contribution >= 4 is 11.6 Å². The minimum absolute atomic E-state index is 0.227. The lowest BCUT2D eigenvalue weighted by molar-refractivity contribution is -0.119. The lowest BCUT2D eigenvalue weighted by Crippen LogP contribution is -2.38. The quantitative estimate of drug-likeness (QED) is 0.926. The molecule has 3 heteroatoms. The molecule has 1 aliphatic heterocycles. The third-order valence-electron chi connectivity index (χ3n) is 5.07. The predicted octanol–water partition coefficient (Wildman–Crippen LogP) is 3.36. The van der Waals surface area contributed by atoms with Crippen LogP contribution in [0.15, 0.2) is 24.3 Å². The highest BCUT2D eigenvalue weighted by atomic mass is 16.2. The van der Waals surface area contributed by atoms with Gasteiger partial charge in [0.25, 0.3) is 0 Å². The van der Waals surface area contributed by atoms with Crippen molar-refractivity contribution in [1.82, 2.24) is 0 Å². The molecule has 1 aliphatic carbocycles. The molecule has 1 spiro atoms. The summed E-state index contributed by atoms with van der Waals surface area (Å²) >= 11 is 0. The van der Waals surface area contributed by atoms with Crippen molar-refractivity contribution in [1.29, 1.82) is 0 Å². The van der Waals surface area contributed by atoms with Gasteiger partial charge in [-0.1, -0.05) is 31.0 Å². The van der Waals surface area contributed by atoms with Crippen LogP contribution in [0.2, 0.25) is 0 Å². The van der Waals surface area contributed by atoms with Crippen molar-refractivity contribution in [2.75, 3.05) is 11.4 Å². The summed E-state index contributed by atoms with van der Waals surface area (Å²) in [7, 11) is 0. The first kappa shape index (κ1) is 14.6. The van der Waals surface area contributed by atoms with Gasteiger partial charge in [0.05, 0.1) is 0 Å².